The Bertz CT molecular complexity index is 664. The van der Waals surface area contributed by atoms with Crippen molar-refractivity contribution in [1.29, 1.82) is 0 Å². The molecule has 2 rings (SSSR count). The van der Waals surface area contributed by atoms with Crippen LogP contribution in [-0.4, -0.2) is 44.2 Å². The van der Waals surface area contributed by atoms with Crippen LogP contribution in [0, 0.1) is 0 Å². The number of aromatic nitrogens is 3. The number of ether oxygens (including phenoxy) is 1. The fourth-order valence-corrected chi connectivity index (χ4v) is 2.44. The fourth-order valence-electron chi connectivity index (χ4n) is 1.68. The van der Waals surface area contributed by atoms with Gasteiger partial charge in [0.25, 0.3) is 0 Å². The van der Waals surface area contributed by atoms with Crippen LogP contribution in [0.2, 0.25) is 10.4 Å². The maximum atomic E-state index is 11.2. The summed E-state index contributed by atoms with van der Waals surface area (Å²) in [6.45, 7) is 4.98. The van der Waals surface area contributed by atoms with Gasteiger partial charge in [-0.3, -0.25) is 0 Å². The Kier molecular flexibility index (Phi) is 8.68. The van der Waals surface area contributed by atoms with Crippen molar-refractivity contribution in [3.05, 3.63) is 22.2 Å². The summed E-state index contributed by atoms with van der Waals surface area (Å²) in [5.74, 6) is -0.257. The Hall–Kier alpha value is -1.02. The summed E-state index contributed by atoms with van der Waals surface area (Å²) in [7, 11) is 0. The monoisotopic (exact) mass is 379 g/mol. The van der Waals surface area contributed by atoms with Crippen LogP contribution < -0.4 is 0 Å². The normalized spacial score (nSPS) is 10.5. The second-order valence-corrected chi connectivity index (χ2v) is 6.22. The largest absolute Gasteiger partial charge is 0.478 e. The number of carboxylic acids is 1. The average Bonchev–Trinajstić information content (AvgIpc) is 2.84. The number of hydrogen-bond donors (Lipinski definition) is 1. The second kappa shape index (κ2) is 9.97. The van der Waals surface area contributed by atoms with Gasteiger partial charge in [0.15, 0.2) is 0 Å². The van der Waals surface area contributed by atoms with Crippen LogP contribution >= 0.6 is 35.0 Å². The summed E-state index contributed by atoms with van der Waals surface area (Å²) in [4.78, 5) is 19.0. The number of hydrogen-bond acceptors (Lipinski definition) is 5. The van der Waals surface area contributed by atoms with Crippen LogP contribution in [0.25, 0.3) is 11.0 Å². The summed E-state index contributed by atoms with van der Waals surface area (Å²) in [6.07, 6.45) is 4.65. The fraction of sp³-hybridized carbons (Fsp3) is 0.500. The molecule has 0 unspecified atom stereocenters. The molecule has 0 atom stereocenters. The third-order valence-electron chi connectivity index (χ3n) is 2.54. The van der Waals surface area contributed by atoms with Crippen molar-refractivity contribution < 1.29 is 14.6 Å². The zero-order chi connectivity index (χ0) is 17.4. The molecule has 0 aliphatic carbocycles. The van der Waals surface area contributed by atoms with E-state index in [2.05, 4.69) is 23.8 Å². The molecule has 0 saturated carbocycles. The van der Waals surface area contributed by atoms with Gasteiger partial charge in [-0.1, -0.05) is 31.9 Å². The lowest BCUT2D eigenvalue weighted by molar-refractivity contribution is 0.0696. The van der Waals surface area contributed by atoms with E-state index in [0.717, 1.165) is 5.75 Å². The van der Waals surface area contributed by atoms with Crippen molar-refractivity contribution in [2.75, 3.05) is 18.6 Å². The molecule has 2 aromatic rings. The molecule has 0 aliphatic rings. The van der Waals surface area contributed by atoms with E-state index in [-0.39, 0.29) is 28.1 Å². The van der Waals surface area contributed by atoms with Gasteiger partial charge >= 0.3 is 5.97 Å². The average molecular weight is 380 g/mol. The molecule has 0 bridgehead atoms. The highest BCUT2D eigenvalue weighted by Crippen LogP contribution is 2.27. The first-order chi connectivity index (χ1) is 11.0. The number of carbonyl (C=O) groups is 1. The molecular formula is C14H19Cl2N3O3S. The van der Waals surface area contributed by atoms with Gasteiger partial charge in [0.05, 0.1) is 17.6 Å². The van der Waals surface area contributed by atoms with Crippen molar-refractivity contribution in [3.8, 4) is 0 Å². The van der Waals surface area contributed by atoms with Crippen LogP contribution in [-0.2, 0) is 11.5 Å². The van der Waals surface area contributed by atoms with E-state index in [1.54, 1.807) is 16.3 Å². The topological polar surface area (TPSA) is 77.2 Å². The van der Waals surface area contributed by atoms with E-state index in [0.29, 0.717) is 12.3 Å². The zero-order valence-corrected chi connectivity index (χ0v) is 15.5. The van der Waals surface area contributed by atoms with Crippen LogP contribution in [0.1, 0.15) is 30.6 Å². The number of nitrogens with zero attached hydrogens (tertiary/aromatic N) is 3. The van der Waals surface area contributed by atoms with Crippen LogP contribution in [0.15, 0.2) is 6.20 Å². The SMILES string of the molecule is CCC.CSCCOCn1cc(C(=O)O)c2c(Cl)nc(Cl)nc21. The Labute approximate surface area is 149 Å². The maximum absolute atomic E-state index is 11.2. The minimum Gasteiger partial charge on any atom is -0.478 e. The molecule has 0 radical (unpaired) electrons. The standard InChI is InChI=1S/C11H11Cl2N3O3S.C3H8/c1-20-3-2-19-5-16-4-6(10(17)18)7-8(12)14-11(13)15-9(7)16;1-3-2/h4H,2-3,5H2,1H3,(H,17,18);3H2,1-2H3. The van der Waals surface area contributed by atoms with Crippen LogP contribution in [0.4, 0.5) is 0 Å². The molecule has 128 valence electrons. The summed E-state index contributed by atoms with van der Waals surface area (Å²) < 4.78 is 7.00. The van der Waals surface area contributed by atoms with Gasteiger partial charge in [-0.05, 0) is 17.9 Å². The number of carboxylic acid groups (broad SMARTS) is 1. The van der Waals surface area contributed by atoms with Crippen LogP contribution in [0.5, 0.6) is 0 Å². The molecule has 1 N–H and O–H groups in total. The summed E-state index contributed by atoms with van der Waals surface area (Å²) >= 11 is 13.4. The molecular weight excluding hydrogens is 361 g/mol. The zero-order valence-electron chi connectivity index (χ0n) is 13.2. The van der Waals surface area contributed by atoms with Crippen molar-refractivity contribution in [3.63, 3.8) is 0 Å². The molecule has 2 heterocycles. The van der Waals surface area contributed by atoms with Gasteiger partial charge in [-0.15, -0.1) is 0 Å². The van der Waals surface area contributed by atoms with Gasteiger partial charge in [0, 0.05) is 11.9 Å². The first-order valence-electron chi connectivity index (χ1n) is 6.98. The highest BCUT2D eigenvalue weighted by Gasteiger charge is 2.19. The Morgan fingerprint density at radius 2 is 2.04 bits per heavy atom. The number of halogens is 2. The van der Waals surface area contributed by atoms with Crippen molar-refractivity contribution >= 4 is 52.0 Å². The highest BCUT2D eigenvalue weighted by atomic mass is 35.5. The van der Waals surface area contributed by atoms with E-state index < -0.39 is 5.97 Å². The Morgan fingerprint density at radius 1 is 1.39 bits per heavy atom. The molecule has 0 fully saturated rings. The molecule has 9 heteroatoms. The van der Waals surface area contributed by atoms with Gasteiger partial charge in [0.1, 0.15) is 17.5 Å². The van der Waals surface area contributed by atoms with E-state index >= 15 is 0 Å². The molecule has 0 aliphatic heterocycles. The van der Waals surface area contributed by atoms with E-state index in [9.17, 15) is 9.90 Å². The van der Waals surface area contributed by atoms with Crippen molar-refractivity contribution in [2.24, 2.45) is 0 Å². The summed E-state index contributed by atoms with van der Waals surface area (Å²) in [5, 5.41) is 9.43. The summed E-state index contributed by atoms with van der Waals surface area (Å²) in [6, 6.07) is 0. The lowest BCUT2D eigenvalue weighted by atomic mass is 10.2. The molecule has 6 nitrogen and oxygen atoms in total. The number of aromatic carboxylic acids is 1. The van der Waals surface area contributed by atoms with Gasteiger partial charge in [0.2, 0.25) is 5.28 Å². The third kappa shape index (κ3) is 5.53. The predicted octanol–water partition coefficient (Wildman–Crippen LogP) is 4.19. The smallest absolute Gasteiger partial charge is 0.338 e. The molecule has 0 aromatic carbocycles. The number of rotatable bonds is 6. The molecule has 0 spiro atoms. The van der Waals surface area contributed by atoms with Gasteiger partial charge < -0.3 is 14.4 Å². The number of thioether (sulfide) groups is 1. The number of fused-ring (bicyclic) bond motifs is 1. The lowest BCUT2D eigenvalue weighted by Gasteiger charge is -2.05. The Balaban J connectivity index is 0.000000816. The van der Waals surface area contributed by atoms with Crippen molar-refractivity contribution in [1.82, 2.24) is 14.5 Å². The molecule has 2 aromatic heterocycles. The van der Waals surface area contributed by atoms with E-state index in [4.69, 9.17) is 27.9 Å². The second-order valence-electron chi connectivity index (χ2n) is 4.54. The third-order valence-corrected chi connectivity index (χ3v) is 3.55. The van der Waals surface area contributed by atoms with Crippen LogP contribution in [0.3, 0.4) is 0 Å². The quantitative estimate of drug-likeness (QED) is 0.460. The highest BCUT2D eigenvalue weighted by molar-refractivity contribution is 7.98. The van der Waals surface area contributed by atoms with E-state index in [1.807, 2.05) is 6.26 Å². The maximum Gasteiger partial charge on any atom is 0.338 e. The summed E-state index contributed by atoms with van der Waals surface area (Å²) in [5.41, 5.74) is 0.367. The minimum absolute atomic E-state index is 0.0141. The first-order valence-corrected chi connectivity index (χ1v) is 9.13. The van der Waals surface area contributed by atoms with Gasteiger partial charge in [-0.25, -0.2) is 9.78 Å². The molecule has 0 amide bonds. The predicted molar refractivity (Wildman–Crippen MR) is 94.8 cm³/mol. The first kappa shape index (κ1) is 20.0. The van der Waals surface area contributed by atoms with Gasteiger partial charge in [-0.2, -0.15) is 16.7 Å². The lowest BCUT2D eigenvalue weighted by Crippen LogP contribution is -2.05. The Morgan fingerprint density at radius 3 is 2.61 bits per heavy atom. The molecule has 0 saturated heterocycles. The molecule has 23 heavy (non-hydrogen) atoms. The van der Waals surface area contributed by atoms with E-state index in [1.165, 1.54) is 12.6 Å². The van der Waals surface area contributed by atoms with Crippen molar-refractivity contribution in [2.45, 2.75) is 27.0 Å². The minimum atomic E-state index is -1.11.